The normalized spacial score (nSPS) is 10.1. The van der Waals surface area contributed by atoms with Gasteiger partial charge >= 0.3 is 5.97 Å². The van der Waals surface area contributed by atoms with E-state index in [1.165, 1.54) is 17.2 Å². The molecule has 2 aromatic rings. The van der Waals surface area contributed by atoms with Crippen LogP contribution < -0.4 is 10.5 Å². The number of para-hydroxylation sites is 1. The molecule has 1 amide bonds. The molecule has 0 fully saturated rings. The number of nitrogens with zero attached hydrogens (tertiary/aromatic N) is 2. The summed E-state index contributed by atoms with van der Waals surface area (Å²) in [5, 5.41) is 8.91. The van der Waals surface area contributed by atoms with E-state index in [1.807, 2.05) is 6.07 Å². The third-order valence-corrected chi connectivity index (χ3v) is 3.05. The first kappa shape index (κ1) is 14.5. The van der Waals surface area contributed by atoms with Crippen molar-refractivity contribution in [3.05, 3.63) is 64.6 Å². The molecule has 0 aliphatic heterocycles. The van der Waals surface area contributed by atoms with Gasteiger partial charge in [-0.2, -0.15) is 0 Å². The van der Waals surface area contributed by atoms with Crippen LogP contribution in [0.2, 0.25) is 0 Å². The van der Waals surface area contributed by atoms with E-state index in [0.29, 0.717) is 5.69 Å². The number of likely N-dealkylation sites (N-methyl/N-ethyl adjacent to an activating group) is 1. The van der Waals surface area contributed by atoms with Crippen molar-refractivity contribution in [1.82, 2.24) is 4.57 Å². The summed E-state index contributed by atoms with van der Waals surface area (Å²) in [7, 11) is 1.60. The van der Waals surface area contributed by atoms with E-state index in [2.05, 4.69) is 0 Å². The summed E-state index contributed by atoms with van der Waals surface area (Å²) in [5.41, 5.74) is 0.240. The molecule has 0 atom stereocenters. The second-order valence-corrected chi connectivity index (χ2v) is 4.48. The molecule has 21 heavy (non-hydrogen) atoms. The lowest BCUT2D eigenvalue weighted by molar-refractivity contribution is -0.118. The lowest BCUT2D eigenvalue weighted by Crippen LogP contribution is -2.33. The zero-order valence-corrected chi connectivity index (χ0v) is 11.4. The zero-order valence-electron chi connectivity index (χ0n) is 11.4. The maximum absolute atomic E-state index is 12.2. The predicted molar refractivity (Wildman–Crippen MR) is 77.5 cm³/mol. The number of amides is 1. The van der Waals surface area contributed by atoms with Gasteiger partial charge in [-0.15, -0.1) is 0 Å². The summed E-state index contributed by atoms with van der Waals surface area (Å²) in [6.07, 6.45) is 1.17. The van der Waals surface area contributed by atoms with Gasteiger partial charge in [0.15, 0.2) is 0 Å². The van der Waals surface area contributed by atoms with Crippen LogP contribution in [0.15, 0.2) is 53.5 Å². The van der Waals surface area contributed by atoms with Gasteiger partial charge in [-0.05, 0) is 18.2 Å². The number of pyridine rings is 1. The number of benzene rings is 1. The quantitative estimate of drug-likeness (QED) is 0.916. The molecule has 108 valence electrons. The molecule has 1 aromatic heterocycles. The maximum atomic E-state index is 12.2. The largest absolute Gasteiger partial charge is 0.478 e. The second-order valence-electron chi connectivity index (χ2n) is 4.48. The van der Waals surface area contributed by atoms with Crippen LogP contribution >= 0.6 is 0 Å². The summed E-state index contributed by atoms with van der Waals surface area (Å²) in [4.78, 5) is 36.2. The Labute approximate surface area is 120 Å². The second kappa shape index (κ2) is 6.04. The summed E-state index contributed by atoms with van der Waals surface area (Å²) < 4.78 is 1.09. The third-order valence-electron chi connectivity index (χ3n) is 3.05. The van der Waals surface area contributed by atoms with Crippen molar-refractivity contribution >= 4 is 17.6 Å². The van der Waals surface area contributed by atoms with Crippen LogP contribution in [0, 0.1) is 0 Å². The van der Waals surface area contributed by atoms with Crippen molar-refractivity contribution in [3.63, 3.8) is 0 Å². The SMILES string of the molecule is CN(C(=O)Cn1cc(C(=O)O)ccc1=O)c1ccccc1. The van der Waals surface area contributed by atoms with E-state index in [-0.39, 0.29) is 18.0 Å². The van der Waals surface area contributed by atoms with Crippen molar-refractivity contribution < 1.29 is 14.7 Å². The number of carbonyl (C=O) groups excluding carboxylic acids is 1. The number of carboxylic acid groups (broad SMARTS) is 1. The van der Waals surface area contributed by atoms with Crippen LogP contribution in [0.4, 0.5) is 5.69 Å². The van der Waals surface area contributed by atoms with Gasteiger partial charge in [0.05, 0.1) is 5.56 Å². The van der Waals surface area contributed by atoms with Crippen molar-refractivity contribution in [3.8, 4) is 0 Å². The monoisotopic (exact) mass is 286 g/mol. The molecule has 1 heterocycles. The van der Waals surface area contributed by atoms with Crippen molar-refractivity contribution in [1.29, 1.82) is 0 Å². The summed E-state index contributed by atoms with van der Waals surface area (Å²) in [6, 6.07) is 11.3. The molecule has 0 saturated heterocycles. The molecule has 2 rings (SSSR count). The molecule has 0 radical (unpaired) electrons. The van der Waals surface area contributed by atoms with Crippen LogP contribution in [0.1, 0.15) is 10.4 Å². The lowest BCUT2D eigenvalue weighted by atomic mass is 10.2. The van der Waals surface area contributed by atoms with Crippen molar-refractivity contribution in [2.75, 3.05) is 11.9 Å². The molecule has 0 aliphatic carbocycles. The van der Waals surface area contributed by atoms with Crippen molar-refractivity contribution in [2.24, 2.45) is 0 Å². The van der Waals surface area contributed by atoms with E-state index in [9.17, 15) is 14.4 Å². The summed E-state index contributed by atoms with van der Waals surface area (Å²) >= 11 is 0. The number of aromatic nitrogens is 1. The number of hydrogen-bond donors (Lipinski definition) is 1. The van der Waals surface area contributed by atoms with Crippen LogP contribution in [0.5, 0.6) is 0 Å². The first-order chi connectivity index (χ1) is 9.99. The van der Waals surface area contributed by atoms with Crippen molar-refractivity contribution in [2.45, 2.75) is 6.54 Å². The minimum absolute atomic E-state index is 0.0373. The summed E-state index contributed by atoms with van der Waals surface area (Å²) in [6.45, 7) is -0.217. The van der Waals surface area contributed by atoms with E-state index >= 15 is 0 Å². The number of carboxylic acids is 1. The molecule has 1 aromatic carbocycles. The molecule has 1 N–H and O–H groups in total. The average Bonchev–Trinajstić information content (AvgIpc) is 2.49. The Balaban J connectivity index is 2.22. The van der Waals surface area contributed by atoms with Gasteiger partial charge < -0.3 is 14.6 Å². The maximum Gasteiger partial charge on any atom is 0.337 e. The van der Waals surface area contributed by atoms with Gasteiger partial charge in [0.1, 0.15) is 6.54 Å². The zero-order chi connectivity index (χ0) is 15.4. The fourth-order valence-electron chi connectivity index (χ4n) is 1.83. The van der Waals surface area contributed by atoms with Crippen LogP contribution in [0.25, 0.3) is 0 Å². The smallest absolute Gasteiger partial charge is 0.337 e. The number of hydrogen-bond acceptors (Lipinski definition) is 3. The Morgan fingerprint density at radius 1 is 1.14 bits per heavy atom. The third kappa shape index (κ3) is 3.36. The van der Waals surface area contributed by atoms with Crippen LogP contribution in [0.3, 0.4) is 0 Å². The standard InChI is InChI=1S/C15H14N2O4/c1-16(12-5-3-2-4-6-12)14(19)10-17-9-11(15(20)21)7-8-13(17)18/h2-9H,10H2,1H3,(H,20,21). The first-order valence-corrected chi connectivity index (χ1v) is 6.24. The minimum atomic E-state index is -1.15. The summed E-state index contributed by atoms with van der Waals surface area (Å²) in [5.74, 6) is -1.46. The Hall–Kier alpha value is -2.89. The highest BCUT2D eigenvalue weighted by atomic mass is 16.4. The number of anilines is 1. The van der Waals surface area contributed by atoms with E-state index in [1.54, 1.807) is 31.3 Å². The van der Waals surface area contributed by atoms with E-state index < -0.39 is 11.5 Å². The van der Waals surface area contributed by atoms with Gasteiger partial charge in [-0.25, -0.2) is 4.79 Å². The minimum Gasteiger partial charge on any atom is -0.478 e. The molecule has 0 saturated carbocycles. The fraction of sp³-hybridized carbons (Fsp3) is 0.133. The molecule has 0 unspecified atom stereocenters. The van der Waals surface area contributed by atoms with Gasteiger partial charge in [-0.1, -0.05) is 18.2 Å². The molecule has 0 bridgehead atoms. The topological polar surface area (TPSA) is 79.6 Å². The average molecular weight is 286 g/mol. The molecule has 6 nitrogen and oxygen atoms in total. The number of rotatable bonds is 4. The molecular formula is C15H14N2O4. The van der Waals surface area contributed by atoms with E-state index in [4.69, 9.17) is 5.11 Å². The molecule has 0 aliphatic rings. The fourth-order valence-corrected chi connectivity index (χ4v) is 1.83. The van der Waals surface area contributed by atoms with Gasteiger partial charge in [0, 0.05) is 25.0 Å². The van der Waals surface area contributed by atoms with Gasteiger partial charge in [0.25, 0.3) is 5.56 Å². The Kier molecular flexibility index (Phi) is 4.18. The highest BCUT2D eigenvalue weighted by Crippen LogP contribution is 2.11. The van der Waals surface area contributed by atoms with Crippen LogP contribution in [-0.4, -0.2) is 28.6 Å². The number of carbonyl (C=O) groups is 2. The predicted octanol–water partition coefficient (Wildman–Crippen LogP) is 1.21. The number of aromatic carboxylic acids is 1. The van der Waals surface area contributed by atoms with Crippen LogP contribution in [-0.2, 0) is 11.3 Å². The molecule has 0 spiro atoms. The Morgan fingerprint density at radius 2 is 1.81 bits per heavy atom. The highest BCUT2D eigenvalue weighted by Gasteiger charge is 2.13. The lowest BCUT2D eigenvalue weighted by Gasteiger charge is -2.18. The van der Waals surface area contributed by atoms with Gasteiger partial charge in [-0.3, -0.25) is 9.59 Å². The van der Waals surface area contributed by atoms with E-state index in [0.717, 1.165) is 10.6 Å². The molecular weight excluding hydrogens is 272 g/mol. The van der Waals surface area contributed by atoms with Gasteiger partial charge in [0.2, 0.25) is 5.91 Å². The first-order valence-electron chi connectivity index (χ1n) is 6.24. The molecule has 6 heteroatoms. The highest BCUT2D eigenvalue weighted by molar-refractivity contribution is 5.92. The Bertz CT molecular complexity index is 722. The Morgan fingerprint density at radius 3 is 2.43 bits per heavy atom.